The summed E-state index contributed by atoms with van der Waals surface area (Å²) in [7, 11) is 0. The fourth-order valence-electron chi connectivity index (χ4n) is 2.02. The quantitative estimate of drug-likeness (QED) is 0.681. The highest BCUT2D eigenvalue weighted by molar-refractivity contribution is 6.16. The molecule has 0 N–H and O–H groups in total. The first-order chi connectivity index (χ1) is 8.79. The Morgan fingerprint density at radius 3 is 3.00 bits per heavy atom. The van der Waals surface area contributed by atoms with Gasteiger partial charge in [0.15, 0.2) is 5.82 Å². The van der Waals surface area contributed by atoms with Crippen molar-refractivity contribution in [3.05, 3.63) is 41.8 Å². The normalized spacial score (nSPS) is 11.2. The van der Waals surface area contributed by atoms with Gasteiger partial charge in [-0.1, -0.05) is 17.3 Å². The van der Waals surface area contributed by atoms with Gasteiger partial charge in [0.25, 0.3) is 0 Å². The van der Waals surface area contributed by atoms with Crippen LogP contribution in [0.4, 0.5) is 0 Å². The van der Waals surface area contributed by atoms with E-state index in [0.717, 1.165) is 22.4 Å². The van der Waals surface area contributed by atoms with Crippen LogP contribution in [-0.4, -0.2) is 19.7 Å². The number of alkyl halides is 1. The molecule has 0 aliphatic carbocycles. The number of nitrogens with zero attached hydrogens (tertiary/aromatic N) is 4. The highest BCUT2D eigenvalue weighted by Crippen LogP contribution is 2.21. The number of imidazole rings is 1. The Kier molecular flexibility index (Phi) is 2.76. The van der Waals surface area contributed by atoms with E-state index < -0.39 is 0 Å². The van der Waals surface area contributed by atoms with Crippen molar-refractivity contribution in [2.75, 3.05) is 0 Å². The standard InChI is InChI=1S/C12H11ClN4O/c1-8-3-2-4-9-12(8)15-11(5-13)17(9)6-10-14-7-18-16-10/h2-4,7H,5-6H2,1H3. The van der Waals surface area contributed by atoms with E-state index in [1.807, 2.05) is 29.7 Å². The van der Waals surface area contributed by atoms with Crippen molar-refractivity contribution >= 4 is 22.6 Å². The van der Waals surface area contributed by atoms with Crippen molar-refractivity contribution < 1.29 is 4.52 Å². The molecule has 92 valence electrons. The number of halogens is 1. The van der Waals surface area contributed by atoms with Crippen LogP contribution in [0.25, 0.3) is 11.0 Å². The molecule has 0 spiro atoms. The average Bonchev–Trinajstić information content (AvgIpc) is 2.99. The molecule has 0 radical (unpaired) electrons. The lowest BCUT2D eigenvalue weighted by Gasteiger charge is -2.04. The number of rotatable bonds is 3. The van der Waals surface area contributed by atoms with Crippen LogP contribution in [-0.2, 0) is 12.4 Å². The number of aromatic nitrogens is 4. The molecule has 0 fully saturated rings. The van der Waals surface area contributed by atoms with Gasteiger partial charge in [0.05, 0.1) is 23.5 Å². The predicted molar refractivity (Wildman–Crippen MR) is 67.4 cm³/mol. The number of hydrogen-bond acceptors (Lipinski definition) is 4. The highest BCUT2D eigenvalue weighted by atomic mass is 35.5. The smallest absolute Gasteiger partial charge is 0.213 e. The SMILES string of the molecule is Cc1cccc2c1nc(CCl)n2Cc1ncon1. The van der Waals surface area contributed by atoms with E-state index >= 15 is 0 Å². The molecule has 0 unspecified atom stereocenters. The Bertz CT molecular complexity index is 675. The lowest BCUT2D eigenvalue weighted by atomic mass is 10.2. The molecule has 0 saturated carbocycles. The Hall–Kier alpha value is -1.88. The zero-order valence-electron chi connectivity index (χ0n) is 9.80. The third kappa shape index (κ3) is 1.76. The van der Waals surface area contributed by atoms with E-state index in [4.69, 9.17) is 16.1 Å². The molecule has 6 heteroatoms. The van der Waals surface area contributed by atoms with Crippen LogP contribution in [0, 0.1) is 6.92 Å². The van der Waals surface area contributed by atoms with Gasteiger partial charge in [0.2, 0.25) is 6.39 Å². The maximum absolute atomic E-state index is 5.95. The maximum Gasteiger partial charge on any atom is 0.213 e. The van der Waals surface area contributed by atoms with Crippen LogP contribution < -0.4 is 0 Å². The van der Waals surface area contributed by atoms with E-state index in [9.17, 15) is 0 Å². The topological polar surface area (TPSA) is 56.7 Å². The summed E-state index contributed by atoms with van der Waals surface area (Å²) >= 11 is 5.95. The summed E-state index contributed by atoms with van der Waals surface area (Å²) in [5, 5.41) is 3.82. The monoisotopic (exact) mass is 262 g/mol. The summed E-state index contributed by atoms with van der Waals surface area (Å²) < 4.78 is 6.76. The van der Waals surface area contributed by atoms with Crippen molar-refractivity contribution in [3.8, 4) is 0 Å². The third-order valence-corrected chi connectivity index (χ3v) is 3.12. The van der Waals surface area contributed by atoms with Crippen molar-refractivity contribution in [2.24, 2.45) is 0 Å². The molecular weight excluding hydrogens is 252 g/mol. The molecule has 3 rings (SSSR count). The Labute approximate surface area is 108 Å². The molecule has 0 bridgehead atoms. The van der Waals surface area contributed by atoms with Crippen LogP contribution in [0.15, 0.2) is 29.1 Å². The van der Waals surface area contributed by atoms with Crippen LogP contribution in [0.2, 0.25) is 0 Å². The zero-order chi connectivity index (χ0) is 12.5. The van der Waals surface area contributed by atoms with Crippen LogP contribution in [0.1, 0.15) is 17.2 Å². The lowest BCUT2D eigenvalue weighted by Crippen LogP contribution is -2.05. The van der Waals surface area contributed by atoms with E-state index in [1.54, 1.807) is 0 Å². The fourth-order valence-corrected chi connectivity index (χ4v) is 2.22. The van der Waals surface area contributed by atoms with Gasteiger partial charge in [0.1, 0.15) is 5.82 Å². The highest BCUT2D eigenvalue weighted by Gasteiger charge is 2.13. The maximum atomic E-state index is 5.95. The molecule has 0 amide bonds. The molecule has 0 saturated heterocycles. The van der Waals surface area contributed by atoms with E-state index in [0.29, 0.717) is 18.2 Å². The van der Waals surface area contributed by atoms with Crippen molar-refractivity contribution in [1.82, 2.24) is 19.7 Å². The molecule has 2 heterocycles. The third-order valence-electron chi connectivity index (χ3n) is 2.89. The summed E-state index contributed by atoms with van der Waals surface area (Å²) in [5.74, 6) is 1.78. The van der Waals surface area contributed by atoms with E-state index in [2.05, 4.69) is 15.1 Å². The van der Waals surface area contributed by atoms with Gasteiger partial charge < -0.3 is 9.09 Å². The Morgan fingerprint density at radius 2 is 2.28 bits per heavy atom. The first-order valence-electron chi connectivity index (χ1n) is 5.55. The van der Waals surface area contributed by atoms with Crippen LogP contribution in [0.3, 0.4) is 0 Å². The largest absolute Gasteiger partial charge is 0.343 e. The van der Waals surface area contributed by atoms with E-state index in [1.165, 1.54) is 6.39 Å². The second-order valence-electron chi connectivity index (χ2n) is 4.04. The number of aryl methyl sites for hydroxylation is 1. The van der Waals surface area contributed by atoms with Gasteiger partial charge in [-0.15, -0.1) is 11.6 Å². The number of para-hydroxylation sites is 1. The Balaban J connectivity index is 2.17. The molecule has 18 heavy (non-hydrogen) atoms. The molecule has 1 aromatic carbocycles. The summed E-state index contributed by atoms with van der Waals surface area (Å²) in [6, 6.07) is 6.06. The van der Waals surface area contributed by atoms with Crippen molar-refractivity contribution in [2.45, 2.75) is 19.3 Å². The molecule has 0 atom stereocenters. The molecule has 0 aliphatic heterocycles. The summed E-state index contributed by atoms with van der Waals surface area (Å²) in [4.78, 5) is 8.58. The number of hydrogen-bond donors (Lipinski definition) is 0. The second kappa shape index (κ2) is 4.42. The van der Waals surface area contributed by atoms with Gasteiger partial charge in [-0.25, -0.2) is 4.98 Å². The first-order valence-corrected chi connectivity index (χ1v) is 6.09. The lowest BCUT2D eigenvalue weighted by molar-refractivity contribution is 0.408. The summed E-state index contributed by atoms with van der Waals surface area (Å²) in [6.45, 7) is 2.55. The molecule has 0 aliphatic rings. The van der Waals surface area contributed by atoms with Crippen molar-refractivity contribution in [3.63, 3.8) is 0 Å². The molecule has 3 aromatic rings. The minimum atomic E-state index is 0.353. The van der Waals surface area contributed by atoms with Gasteiger partial charge in [-0.2, -0.15) is 4.98 Å². The van der Waals surface area contributed by atoms with Crippen LogP contribution in [0.5, 0.6) is 0 Å². The summed E-state index contributed by atoms with van der Waals surface area (Å²) in [5.41, 5.74) is 3.14. The Morgan fingerprint density at radius 1 is 1.39 bits per heavy atom. The first kappa shape index (κ1) is 11.2. The summed E-state index contributed by atoms with van der Waals surface area (Å²) in [6.07, 6.45) is 1.32. The second-order valence-corrected chi connectivity index (χ2v) is 4.31. The molecular formula is C12H11ClN4O. The fraction of sp³-hybridized carbons (Fsp3) is 0.250. The number of fused-ring (bicyclic) bond motifs is 1. The number of benzene rings is 1. The van der Waals surface area contributed by atoms with Gasteiger partial charge in [-0.05, 0) is 18.6 Å². The minimum Gasteiger partial charge on any atom is -0.343 e. The van der Waals surface area contributed by atoms with Crippen LogP contribution >= 0.6 is 11.6 Å². The zero-order valence-corrected chi connectivity index (χ0v) is 10.6. The van der Waals surface area contributed by atoms with Gasteiger partial charge >= 0.3 is 0 Å². The average molecular weight is 263 g/mol. The minimum absolute atomic E-state index is 0.353. The molecule has 5 nitrogen and oxygen atoms in total. The van der Waals surface area contributed by atoms with E-state index in [-0.39, 0.29) is 0 Å². The molecule has 2 aromatic heterocycles. The predicted octanol–water partition coefficient (Wildman–Crippen LogP) is 2.51. The van der Waals surface area contributed by atoms with Crippen molar-refractivity contribution in [1.29, 1.82) is 0 Å². The van der Waals surface area contributed by atoms with Gasteiger partial charge in [0, 0.05) is 0 Å². The van der Waals surface area contributed by atoms with Gasteiger partial charge in [-0.3, -0.25) is 0 Å².